The normalized spacial score (nSPS) is 33.5. The van der Waals surface area contributed by atoms with Crippen LogP contribution in [0.15, 0.2) is 6.07 Å². The third-order valence-corrected chi connectivity index (χ3v) is 4.83. The van der Waals surface area contributed by atoms with Crippen molar-refractivity contribution >= 4 is 17.2 Å². The van der Waals surface area contributed by atoms with E-state index in [2.05, 4.69) is 25.2 Å². The maximum Gasteiger partial charge on any atom is 0.220 e. The van der Waals surface area contributed by atoms with E-state index in [1.807, 2.05) is 11.3 Å². The highest BCUT2D eigenvalue weighted by atomic mass is 32.1. The van der Waals surface area contributed by atoms with Crippen LogP contribution in [0.4, 0.5) is 0 Å². The summed E-state index contributed by atoms with van der Waals surface area (Å²) in [7, 11) is 0. The van der Waals surface area contributed by atoms with Crippen molar-refractivity contribution in [3.05, 3.63) is 21.4 Å². The Bertz CT molecular complexity index is 437. The Morgan fingerprint density at radius 3 is 3.20 bits per heavy atom. The van der Waals surface area contributed by atoms with Crippen LogP contribution in [0.1, 0.15) is 41.1 Å². The molecule has 1 N–H and O–H groups in total. The first-order valence-corrected chi connectivity index (χ1v) is 6.29. The van der Waals surface area contributed by atoms with E-state index in [9.17, 15) is 4.79 Å². The van der Waals surface area contributed by atoms with E-state index in [4.69, 9.17) is 0 Å². The SMILES string of the molecule is Cc1cc2c(s1)C[C@]1(C)CCC(=O)NC21. The summed E-state index contributed by atoms with van der Waals surface area (Å²) >= 11 is 1.89. The van der Waals surface area contributed by atoms with Gasteiger partial charge in [-0.15, -0.1) is 11.3 Å². The molecule has 1 amide bonds. The zero-order chi connectivity index (χ0) is 10.6. The molecule has 0 bridgehead atoms. The van der Waals surface area contributed by atoms with Gasteiger partial charge in [0.2, 0.25) is 5.91 Å². The van der Waals surface area contributed by atoms with Crippen LogP contribution in [-0.2, 0) is 11.2 Å². The fraction of sp³-hybridized carbons (Fsp3) is 0.583. The molecule has 1 unspecified atom stereocenters. The second-order valence-corrected chi connectivity index (χ2v) is 6.41. The van der Waals surface area contributed by atoms with Crippen molar-refractivity contribution in [1.29, 1.82) is 0 Å². The zero-order valence-electron chi connectivity index (χ0n) is 9.09. The van der Waals surface area contributed by atoms with Crippen molar-refractivity contribution in [3.8, 4) is 0 Å². The van der Waals surface area contributed by atoms with E-state index in [1.165, 1.54) is 15.3 Å². The van der Waals surface area contributed by atoms with Crippen molar-refractivity contribution in [3.63, 3.8) is 0 Å². The van der Waals surface area contributed by atoms with Crippen LogP contribution in [0.3, 0.4) is 0 Å². The smallest absolute Gasteiger partial charge is 0.220 e. The lowest BCUT2D eigenvalue weighted by atomic mass is 9.76. The van der Waals surface area contributed by atoms with E-state index < -0.39 is 0 Å². The second-order valence-electron chi connectivity index (χ2n) is 5.07. The summed E-state index contributed by atoms with van der Waals surface area (Å²) < 4.78 is 0. The lowest BCUT2D eigenvalue weighted by molar-refractivity contribution is -0.125. The van der Waals surface area contributed by atoms with Crippen LogP contribution in [0.2, 0.25) is 0 Å². The standard InChI is InChI=1S/C12H15NOS/c1-7-5-8-9(15-7)6-12(2)4-3-10(14)13-11(8)12/h5,11H,3-4,6H2,1-2H3,(H,13,14)/t11?,12-/m0/s1. The number of piperidine rings is 1. The molecule has 0 radical (unpaired) electrons. The van der Waals surface area contributed by atoms with Crippen molar-refractivity contribution in [1.82, 2.24) is 5.32 Å². The highest BCUT2D eigenvalue weighted by Crippen LogP contribution is 2.52. The molecule has 1 saturated heterocycles. The molecule has 2 atom stereocenters. The molecule has 3 rings (SSSR count). The molecule has 3 heteroatoms. The first-order chi connectivity index (χ1) is 7.08. The maximum absolute atomic E-state index is 11.5. The molecule has 2 nitrogen and oxygen atoms in total. The molecule has 1 fully saturated rings. The third kappa shape index (κ3) is 1.26. The largest absolute Gasteiger partial charge is 0.349 e. The van der Waals surface area contributed by atoms with Gasteiger partial charge in [-0.3, -0.25) is 4.79 Å². The van der Waals surface area contributed by atoms with Crippen LogP contribution in [0.25, 0.3) is 0 Å². The Morgan fingerprint density at radius 2 is 2.40 bits per heavy atom. The van der Waals surface area contributed by atoms with Gasteiger partial charge in [0.25, 0.3) is 0 Å². The second kappa shape index (κ2) is 2.85. The van der Waals surface area contributed by atoms with Gasteiger partial charge >= 0.3 is 0 Å². The molecule has 2 heterocycles. The predicted octanol–water partition coefficient (Wildman–Crippen LogP) is 2.57. The minimum atomic E-state index is 0.217. The number of nitrogens with one attached hydrogen (secondary N) is 1. The Labute approximate surface area is 93.7 Å². The van der Waals surface area contributed by atoms with Crippen molar-refractivity contribution in [2.24, 2.45) is 5.41 Å². The summed E-state index contributed by atoms with van der Waals surface area (Å²) in [5.74, 6) is 0.217. The van der Waals surface area contributed by atoms with Crippen molar-refractivity contribution in [2.45, 2.75) is 39.2 Å². The average Bonchev–Trinajstić information content (AvgIpc) is 2.61. The first-order valence-electron chi connectivity index (χ1n) is 5.47. The van der Waals surface area contributed by atoms with E-state index in [1.54, 1.807) is 0 Å². The highest BCUT2D eigenvalue weighted by molar-refractivity contribution is 7.12. The molecule has 1 aromatic heterocycles. The predicted molar refractivity (Wildman–Crippen MR) is 61.0 cm³/mol. The molecule has 1 aliphatic heterocycles. The van der Waals surface area contributed by atoms with Gasteiger partial charge in [0.05, 0.1) is 6.04 Å². The molecule has 0 aromatic carbocycles. The molecule has 15 heavy (non-hydrogen) atoms. The number of hydrogen-bond donors (Lipinski definition) is 1. The van der Waals surface area contributed by atoms with Crippen molar-refractivity contribution < 1.29 is 4.79 Å². The molecule has 2 aliphatic rings. The first kappa shape index (κ1) is 9.40. The molecular formula is C12H15NOS. The lowest BCUT2D eigenvalue weighted by Gasteiger charge is -2.36. The fourth-order valence-corrected chi connectivity index (χ4v) is 4.20. The maximum atomic E-state index is 11.5. The summed E-state index contributed by atoms with van der Waals surface area (Å²) in [6.07, 6.45) is 2.87. The number of fused-ring (bicyclic) bond motifs is 3. The summed E-state index contributed by atoms with van der Waals surface area (Å²) in [6, 6.07) is 2.53. The average molecular weight is 221 g/mol. The lowest BCUT2D eigenvalue weighted by Crippen LogP contribution is -2.42. The summed E-state index contributed by atoms with van der Waals surface area (Å²) in [5.41, 5.74) is 1.66. The molecule has 80 valence electrons. The quantitative estimate of drug-likeness (QED) is 0.716. The summed E-state index contributed by atoms with van der Waals surface area (Å²) in [5, 5.41) is 3.16. The monoisotopic (exact) mass is 221 g/mol. The molecular weight excluding hydrogens is 206 g/mol. The zero-order valence-corrected chi connectivity index (χ0v) is 9.91. The van der Waals surface area contributed by atoms with E-state index in [0.717, 1.165) is 12.8 Å². The Balaban J connectivity index is 2.05. The van der Waals surface area contributed by atoms with Gasteiger partial charge in [0, 0.05) is 16.2 Å². The summed E-state index contributed by atoms with van der Waals surface area (Å²) in [4.78, 5) is 14.3. The third-order valence-electron chi connectivity index (χ3n) is 3.77. The highest BCUT2D eigenvalue weighted by Gasteiger charge is 2.46. The van der Waals surface area contributed by atoms with Gasteiger partial charge in [0.1, 0.15) is 0 Å². The molecule has 0 saturated carbocycles. The number of carbonyl (C=O) groups excluding carboxylic acids is 1. The van der Waals surface area contributed by atoms with E-state index >= 15 is 0 Å². The Kier molecular flexibility index (Phi) is 1.78. The summed E-state index contributed by atoms with van der Waals surface area (Å²) in [6.45, 7) is 4.45. The van der Waals surface area contributed by atoms with E-state index in [-0.39, 0.29) is 17.4 Å². The minimum Gasteiger partial charge on any atom is -0.349 e. The Hall–Kier alpha value is -0.830. The van der Waals surface area contributed by atoms with Gasteiger partial charge in [0.15, 0.2) is 0 Å². The number of hydrogen-bond acceptors (Lipinski definition) is 2. The number of rotatable bonds is 0. The number of thiophene rings is 1. The van der Waals surface area contributed by atoms with Gasteiger partial charge in [-0.05, 0) is 36.8 Å². The van der Waals surface area contributed by atoms with Crippen LogP contribution in [0.5, 0.6) is 0 Å². The van der Waals surface area contributed by atoms with E-state index in [0.29, 0.717) is 6.42 Å². The molecule has 0 spiro atoms. The topological polar surface area (TPSA) is 29.1 Å². The number of amides is 1. The van der Waals surface area contributed by atoms with Gasteiger partial charge in [-0.2, -0.15) is 0 Å². The van der Waals surface area contributed by atoms with Crippen LogP contribution >= 0.6 is 11.3 Å². The number of carbonyl (C=O) groups is 1. The number of aryl methyl sites for hydroxylation is 1. The van der Waals surface area contributed by atoms with Crippen LogP contribution < -0.4 is 5.32 Å². The minimum absolute atomic E-state index is 0.217. The van der Waals surface area contributed by atoms with Gasteiger partial charge in [-0.1, -0.05) is 6.92 Å². The molecule has 1 aliphatic carbocycles. The Morgan fingerprint density at radius 1 is 1.60 bits per heavy atom. The van der Waals surface area contributed by atoms with Crippen LogP contribution in [0, 0.1) is 12.3 Å². The molecule has 1 aromatic rings. The van der Waals surface area contributed by atoms with Crippen LogP contribution in [-0.4, -0.2) is 5.91 Å². The fourth-order valence-electron chi connectivity index (χ4n) is 2.93. The van der Waals surface area contributed by atoms with Gasteiger partial charge < -0.3 is 5.32 Å². The van der Waals surface area contributed by atoms with Crippen molar-refractivity contribution in [2.75, 3.05) is 0 Å². The van der Waals surface area contributed by atoms with Gasteiger partial charge in [-0.25, -0.2) is 0 Å².